The zero-order chi connectivity index (χ0) is 8.27. The molecule has 0 spiro atoms. The number of carbonyl (C=O) groups excluding carboxylic acids is 1. The van der Waals surface area contributed by atoms with Crippen molar-refractivity contribution in [2.45, 2.75) is 0 Å². The third-order valence-electron chi connectivity index (χ3n) is 1.13. The Kier molecular flexibility index (Phi) is 2.51. The first kappa shape index (κ1) is 8.10. The van der Waals surface area contributed by atoms with Crippen LogP contribution in [-0.4, -0.2) is 22.3 Å². The van der Waals surface area contributed by atoms with Gasteiger partial charge in [0, 0.05) is 12.4 Å². The van der Waals surface area contributed by atoms with E-state index in [4.69, 9.17) is 17.3 Å². The quantitative estimate of drug-likeness (QED) is 0.512. The normalized spacial score (nSPS) is 9.64. The highest BCUT2D eigenvalue weighted by Crippen LogP contribution is 2.00. The van der Waals surface area contributed by atoms with Crippen molar-refractivity contribution in [2.75, 3.05) is 6.54 Å². The lowest BCUT2D eigenvalue weighted by molar-refractivity contribution is 0.100. The molecule has 5 heteroatoms. The number of aromatic nitrogens is 2. The Morgan fingerprint density at radius 2 is 2.09 bits per heavy atom. The van der Waals surface area contributed by atoms with Crippen LogP contribution in [0.5, 0.6) is 0 Å². The van der Waals surface area contributed by atoms with Gasteiger partial charge < -0.3 is 5.73 Å². The van der Waals surface area contributed by atoms with E-state index < -0.39 is 0 Å². The van der Waals surface area contributed by atoms with Crippen molar-refractivity contribution in [3.05, 3.63) is 23.2 Å². The van der Waals surface area contributed by atoms with Crippen LogP contribution in [0.3, 0.4) is 0 Å². The third kappa shape index (κ3) is 1.96. The third-order valence-corrected chi connectivity index (χ3v) is 1.32. The molecule has 11 heavy (non-hydrogen) atoms. The summed E-state index contributed by atoms with van der Waals surface area (Å²) in [5.74, 6) is -0.193. The van der Waals surface area contributed by atoms with E-state index in [1.165, 1.54) is 12.4 Å². The van der Waals surface area contributed by atoms with Crippen LogP contribution in [-0.2, 0) is 0 Å². The molecule has 1 rings (SSSR count). The van der Waals surface area contributed by atoms with E-state index in [9.17, 15) is 4.79 Å². The molecule has 2 N–H and O–H groups in total. The summed E-state index contributed by atoms with van der Waals surface area (Å²) in [6, 6.07) is 0. The highest BCUT2D eigenvalue weighted by Gasteiger charge is 2.02. The number of nitrogens with zero attached hydrogens (tertiary/aromatic N) is 2. The molecule has 0 saturated heterocycles. The zero-order valence-corrected chi connectivity index (χ0v) is 6.38. The van der Waals surface area contributed by atoms with E-state index in [1.807, 2.05) is 0 Å². The van der Waals surface area contributed by atoms with Gasteiger partial charge in [-0.1, -0.05) is 0 Å². The molecule has 0 fully saturated rings. The predicted molar refractivity (Wildman–Crippen MR) is 40.4 cm³/mol. The maximum atomic E-state index is 10.9. The van der Waals surface area contributed by atoms with E-state index in [0.717, 1.165) is 0 Å². The molecular formula is C6H6ClN3O. The van der Waals surface area contributed by atoms with Crippen LogP contribution in [0.1, 0.15) is 10.4 Å². The summed E-state index contributed by atoms with van der Waals surface area (Å²) in [7, 11) is 0. The lowest BCUT2D eigenvalue weighted by Crippen LogP contribution is -2.13. The van der Waals surface area contributed by atoms with Crippen molar-refractivity contribution in [3.63, 3.8) is 0 Å². The van der Waals surface area contributed by atoms with Crippen LogP contribution in [0.25, 0.3) is 0 Å². The zero-order valence-electron chi connectivity index (χ0n) is 5.62. The molecule has 4 nitrogen and oxygen atoms in total. The number of ketones is 1. The van der Waals surface area contributed by atoms with Gasteiger partial charge in [-0.05, 0) is 11.6 Å². The Bertz CT molecular complexity index is 259. The fourth-order valence-electron chi connectivity index (χ4n) is 0.574. The van der Waals surface area contributed by atoms with Crippen LogP contribution >= 0.6 is 11.6 Å². The Balaban J connectivity index is 2.90. The molecule has 0 atom stereocenters. The first-order valence-corrected chi connectivity index (χ1v) is 3.32. The summed E-state index contributed by atoms with van der Waals surface area (Å²) in [5, 5.41) is 0.124. The topological polar surface area (TPSA) is 68.9 Å². The van der Waals surface area contributed by atoms with Crippen LogP contribution in [0.4, 0.5) is 0 Å². The lowest BCUT2D eigenvalue weighted by Gasteiger charge is -1.94. The predicted octanol–water partition coefficient (Wildman–Crippen LogP) is 0.271. The Labute approximate surface area is 68.4 Å². The van der Waals surface area contributed by atoms with Gasteiger partial charge in [0.2, 0.25) is 5.28 Å². The van der Waals surface area contributed by atoms with Crippen LogP contribution in [0, 0.1) is 0 Å². The molecule has 0 bridgehead atoms. The molecule has 0 amide bonds. The number of hydrogen-bond donors (Lipinski definition) is 1. The highest BCUT2D eigenvalue weighted by atomic mass is 35.5. The minimum Gasteiger partial charge on any atom is -0.324 e. The summed E-state index contributed by atoms with van der Waals surface area (Å²) in [5.41, 5.74) is 5.49. The van der Waals surface area contributed by atoms with Gasteiger partial charge in [-0.15, -0.1) is 0 Å². The van der Waals surface area contributed by atoms with Gasteiger partial charge in [-0.25, -0.2) is 9.97 Å². The minimum absolute atomic E-state index is 0.0367. The van der Waals surface area contributed by atoms with E-state index in [-0.39, 0.29) is 17.6 Å². The van der Waals surface area contributed by atoms with Crippen LogP contribution in [0.15, 0.2) is 12.4 Å². The van der Waals surface area contributed by atoms with Crippen molar-refractivity contribution in [1.29, 1.82) is 0 Å². The van der Waals surface area contributed by atoms with Crippen LogP contribution < -0.4 is 5.73 Å². The summed E-state index contributed by atoms with van der Waals surface area (Å²) in [4.78, 5) is 18.1. The fraction of sp³-hybridized carbons (Fsp3) is 0.167. The molecule has 0 aliphatic carbocycles. The van der Waals surface area contributed by atoms with Crippen molar-refractivity contribution >= 4 is 17.4 Å². The molecule has 1 aromatic rings. The van der Waals surface area contributed by atoms with E-state index >= 15 is 0 Å². The number of hydrogen-bond acceptors (Lipinski definition) is 4. The number of carbonyl (C=O) groups is 1. The van der Waals surface area contributed by atoms with Crippen LogP contribution in [0.2, 0.25) is 5.28 Å². The van der Waals surface area contributed by atoms with Crippen molar-refractivity contribution < 1.29 is 4.79 Å². The van der Waals surface area contributed by atoms with E-state index in [0.29, 0.717) is 5.56 Å². The van der Waals surface area contributed by atoms with Gasteiger partial charge in [-0.2, -0.15) is 0 Å². The van der Waals surface area contributed by atoms with Crippen molar-refractivity contribution in [2.24, 2.45) is 5.73 Å². The highest BCUT2D eigenvalue weighted by molar-refractivity contribution is 6.28. The lowest BCUT2D eigenvalue weighted by atomic mass is 10.2. The molecule has 0 aliphatic heterocycles. The Morgan fingerprint density at radius 1 is 1.55 bits per heavy atom. The van der Waals surface area contributed by atoms with E-state index in [2.05, 4.69) is 9.97 Å². The molecular weight excluding hydrogens is 166 g/mol. The smallest absolute Gasteiger partial charge is 0.222 e. The standard InChI is InChI=1S/C6H6ClN3O/c7-6-9-2-4(3-10-6)5(11)1-8/h2-3H,1,8H2. The van der Waals surface area contributed by atoms with Gasteiger partial charge >= 0.3 is 0 Å². The van der Waals surface area contributed by atoms with E-state index in [1.54, 1.807) is 0 Å². The second kappa shape index (κ2) is 3.41. The van der Waals surface area contributed by atoms with Gasteiger partial charge in [-0.3, -0.25) is 4.79 Å². The molecule has 0 saturated carbocycles. The Morgan fingerprint density at radius 3 is 2.55 bits per heavy atom. The summed E-state index contributed by atoms with van der Waals surface area (Å²) >= 11 is 5.39. The largest absolute Gasteiger partial charge is 0.324 e. The molecule has 1 heterocycles. The molecule has 58 valence electrons. The first-order valence-electron chi connectivity index (χ1n) is 2.95. The fourth-order valence-corrected chi connectivity index (χ4v) is 0.672. The molecule has 0 radical (unpaired) electrons. The van der Waals surface area contributed by atoms with Gasteiger partial charge in [0.1, 0.15) is 0 Å². The second-order valence-electron chi connectivity index (χ2n) is 1.87. The number of nitrogens with two attached hydrogens (primary N) is 1. The van der Waals surface area contributed by atoms with Crippen molar-refractivity contribution in [3.8, 4) is 0 Å². The minimum atomic E-state index is -0.193. The van der Waals surface area contributed by atoms with Gasteiger partial charge in [0.25, 0.3) is 0 Å². The van der Waals surface area contributed by atoms with Crippen molar-refractivity contribution in [1.82, 2.24) is 9.97 Å². The molecule has 0 unspecified atom stereocenters. The molecule has 1 aromatic heterocycles. The maximum Gasteiger partial charge on any atom is 0.222 e. The summed E-state index contributed by atoms with van der Waals surface area (Å²) < 4.78 is 0. The number of Topliss-reactive ketones (excluding diaryl/α,β-unsaturated/α-hetero) is 1. The summed E-state index contributed by atoms with van der Waals surface area (Å²) in [6.45, 7) is -0.0367. The van der Waals surface area contributed by atoms with Gasteiger partial charge in [0.15, 0.2) is 5.78 Å². The first-order chi connectivity index (χ1) is 5.24. The average molecular weight is 172 g/mol. The monoisotopic (exact) mass is 171 g/mol. The average Bonchev–Trinajstić information content (AvgIpc) is 2.05. The molecule has 0 aromatic carbocycles. The van der Waals surface area contributed by atoms with Gasteiger partial charge in [0.05, 0.1) is 12.1 Å². The number of halogens is 1. The number of rotatable bonds is 2. The second-order valence-corrected chi connectivity index (χ2v) is 2.21. The maximum absolute atomic E-state index is 10.9. The Hall–Kier alpha value is -1.00. The summed E-state index contributed by atoms with van der Waals surface area (Å²) in [6.07, 6.45) is 2.70. The molecule has 0 aliphatic rings. The SMILES string of the molecule is NCC(=O)c1cnc(Cl)nc1.